The zero-order valence-electron chi connectivity index (χ0n) is 14.2. The second-order valence-electron chi connectivity index (χ2n) is 7.28. The largest absolute Gasteiger partial charge is 0.340 e. The highest BCUT2D eigenvalue weighted by atomic mass is 35.5. The molecule has 1 aromatic rings. The fourth-order valence-electron chi connectivity index (χ4n) is 3.58. The van der Waals surface area contributed by atoms with Crippen molar-refractivity contribution in [2.24, 2.45) is 11.1 Å². The number of nitrogens with zero attached hydrogens (tertiary/aromatic N) is 2. The molecule has 0 radical (unpaired) electrons. The summed E-state index contributed by atoms with van der Waals surface area (Å²) in [6, 6.07) is 3.52. The van der Waals surface area contributed by atoms with Crippen LogP contribution in [0.1, 0.15) is 42.8 Å². The number of carbonyl (C=O) groups excluding carboxylic acids is 2. The molecule has 2 amide bonds. The van der Waals surface area contributed by atoms with Gasteiger partial charge in [0.25, 0.3) is 5.91 Å². The van der Waals surface area contributed by atoms with Crippen molar-refractivity contribution >= 4 is 35.6 Å². The van der Waals surface area contributed by atoms with Crippen LogP contribution in [0, 0.1) is 5.41 Å². The van der Waals surface area contributed by atoms with Crippen LogP contribution in [-0.2, 0) is 4.79 Å². The van der Waals surface area contributed by atoms with Crippen LogP contribution >= 0.6 is 23.7 Å². The van der Waals surface area contributed by atoms with Crippen LogP contribution in [0.15, 0.2) is 17.5 Å². The number of carbonyl (C=O) groups is 2. The number of halogens is 1. The van der Waals surface area contributed by atoms with Crippen molar-refractivity contribution in [2.75, 3.05) is 19.6 Å². The minimum absolute atomic E-state index is 0. The molecule has 5 nitrogen and oxygen atoms in total. The lowest BCUT2D eigenvalue weighted by Gasteiger charge is -2.44. The maximum Gasteiger partial charge on any atom is 0.264 e. The van der Waals surface area contributed by atoms with Crippen LogP contribution < -0.4 is 5.73 Å². The average molecular weight is 372 g/mol. The van der Waals surface area contributed by atoms with Gasteiger partial charge in [-0.15, -0.1) is 23.7 Å². The third-order valence-corrected chi connectivity index (χ3v) is 6.01. The molecule has 0 aromatic carbocycles. The molecule has 0 spiro atoms. The monoisotopic (exact) mass is 371 g/mol. The van der Waals surface area contributed by atoms with Crippen molar-refractivity contribution in [2.45, 2.75) is 45.2 Å². The van der Waals surface area contributed by atoms with E-state index in [1.165, 1.54) is 11.3 Å². The molecule has 3 heterocycles. The number of hydrogen-bond acceptors (Lipinski definition) is 4. The van der Waals surface area contributed by atoms with Crippen LogP contribution in [0.2, 0.25) is 0 Å². The van der Waals surface area contributed by atoms with Crippen LogP contribution in [0.4, 0.5) is 0 Å². The van der Waals surface area contributed by atoms with Gasteiger partial charge in [0.05, 0.1) is 4.88 Å². The lowest BCUT2D eigenvalue weighted by atomic mass is 9.79. The Bertz CT molecular complexity index is 591. The highest BCUT2D eigenvalue weighted by Gasteiger charge is 2.41. The first kappa shape index (κ1) is 19.2. The lowest BCUT2D eigenvalue weighted by Crippen LogP contribution is -2.57. The first-order valence-corrected chi connectivity index (χ1v) is 9.17. The highest BCUT2D eigenvalue weighted by Crippen LogP contribution is 2.30. The predicted octanol–water partition coefficient (Wildman–Crippen LogP) is 2.36. The molecule has 0 aliphatic carbocycles. The molecule has 2 aliphatic rings. The second kappa shape index (κ2) is 7.42. The van der Waals surface area contributed by atoms with Gasteiger partial charge in [0.2, 0.25) is 5.91 Å². The normalized spacial score (nSPS) is 26.1. The number of thiophene rings is 1. The molecule has 134 valence electrons. The Kier molecular flexibility index (Phi) is 5.94. The van der Waals surface area contributed by atoms with Gasteiger partial charge in [-0.05, 0) is 36.1 Å². The van der Waals surface area contributed by atoms with Gasteiger partial charge in [0, 0.05) is 25.7 Å². The van der Waals surface area contributed by atoms with E-state index < -0.39 is 0 Å². The summed E-state index contributed by atoms with van der Waals surface area (Å²) in [7, 11) is 0. The van der Waals surface area contributed by atoms with E-state index in [4.69, 9.17) is 5.73 Å². The number of hydrogen-bond donors (Lipinski definition) is 1. The summed E-state index contributed by atoms with van der Waals surface area (Å²) in [5.74, 6) is 0.0798. The van der Waals surface area contributed by atoms with E-state index in [1.807, 2.05) is 22.4 Å². The smallest absolute Gasteiger partial charge is 0.264 e. The van der Waals surface area contributed by atoms with Gasteiger partial charge in [0.1, 0.15) is 6.04 Å². The SMILES string of the molecule is CC1(C)CN(C(=O)C2CCCN2C(=O)c2cccs2)CCC1N.Cl. The number of rotatable bonds is 2. The van der Waals surface area contributed by atoms with Gasteiger partial charge in [-0.25, -0.2) is 0 Å². The summed E-state index contributed by atoms with van der Waals surface area (Å²) < 4.78 is 0. The van der Waals surface area contributed by atoms with E-state index in [9.17, 15) is 9.59 Å². The number of likely N-dealkylation sites (tertiary alicyclic amines) is 2. The molecular formula is C17H26ClN3O2S. The molecular weight excluding hydrogens is 346 g/mol. The van der Waals surface area contributed by atoms with Gasteiger partial charge in [0.15, 0.2) is 0 Å². The molecule has 2 N–H and O–H groups in total. The van der Waals surface area contributed by atoms with Crippen molar-refractivity contribution in [1.29, 1.82) is 0 Å². The molecule has 24 heavy (non-hydrogen) atoms. The molecule has 2 aliphatic heterocycles. The van der Waals surface area contributed by atoms with E-state index in [0.29, 0.717) is 24.5 Å². The van der Waals surface area contributed by atoms with Crippen LogP contribution in [0.5, 0.6) is 0 Å². The quantitative estimate of drug-likeness (QED) is 0.867. The van der Waals surface area contributed by atoms with Crippen molar-refractivity contribution < 1.29 is 9.59 Å². The summed E-state index contributed by atoms with van der Waals surface area (Å²) in [6.07, 6.45) is 2.48. The first-order chi connectivity index (χ1) is 10.9. The van der Waals surface area contributed by atoms with Crippen LogP contribution in [0.25, 0.3) is 0 Å². The summed E-state index contributed by atoms with van der Waals surface area (Å²) in [5, 5.41) is 1.90. The molecule has 2 unspecified atom stereocenters. The van der Waals surface area contributed by atoms with Gasteiger partial charge >= 0.3 is 0 Å². The molecule has 2 fully saturated rings. The van der Waals surface area contributed by atoms with Crippen LogP contribution in [0.3, 0.4) is 0 Å². The number of amides is 2. The molecule has 7 heteroatoms. The Hall–Kier alpha value is -1.11. The summed E-state index contributed by atoms with van der Waals surface area (Å²) in [6.45, 7) is 6.26. The van der Waals surface area contributed by atoms with Gasteiger partial charge in [-0.3, -0.25) is 9.59 Å². The van der Waals surface area contributed by atoms with E-state index in [2.05, 4.69) is 13.8 Å². The molecule has 1 aromatic heterocycles. The Balaban J connectivity index is 0.00000208. The van der Waals surface area contributed by atoms with Crippen LogP contribution in [-0.4, -0.2) is 53.3 Å². The van der Waals surface area contributed by atoms with Crippen molar-refractivity contribution in [3.05, 3.63) is 22.4 Å². The fourth-order valence-corrected chi connectivity index (χ4v) is 4.26. The highest BCUT2D eigenvalue weighted by molar-refractivity contribution is 7.12. The molecule has 0 bridgehead atoms. The molecule has 3 rings (SSSR count). The molecule has 2 saturated heterocycles. The van der Waals surface area contributed by atoms with Crippen molar-refractivity contribution in [1.82, 2.24) is 9.80 Å². The molecule has 2 atom stereocenters. The minimum atomic E-state index is -0.310. The van der Waals surface area contributed by atoms with Gasteiger partial charge in [-0.2, -0.15) is 0 Å². The second-order valence-corrected chi connectivity index (χ2v) is 8.23. The number of piperidine rings is 1. The Morgan fingerprint density at radius 3 is 2.67 bits per heavy atom. The zero-order chi connectivity index (χ0) is 16.6. The summed E-state index contributed by atoms with van der Waals surface area (Å²) in [4.78, 5) is 30.0. The van der Waals surface area contributed by atoms with Crippen molar-refractivity contribution in [3.8, 4) is 0 Å². The van der Waals surface area contributed by atoms with Gasteiger partial charge < -0.3 is 15.5 Å². The van der Waals surface area contributed by atoms with E-state index in [-0.39, 0.29) is 41.7 Å². The standard InChI is InChI=1S/C17H25N3O2S.ClH/c1-17(2)11-19(9-7-14(17)18)15(21)12-5-3-8-20(12)16(22)13-6-4-10-23-13;/h4,6,10,12,14H,3,5,7-9,11,18H2,1-2H3;1H. The zero-order valence-corrected chi connectivity index (χ0v) is 15.9. The van der Waals surface area contributed by atoms with E-state index in [0.717, 1.165) is 19.3 Å². The predicted molar refractivity (Wildman–Crippen MR) is 98.6 cm³/mol. The lowest BCUT2D eigenvalue weighted by molar-refractivity contribution is -0.138. The Morgan fingerprint density at radius 2 is 2.04 bits per heavy atom. The Morgan fingerprint density at radius 1 is 1.29 bits per heavy atom. The minimum Gasteiger partial charge on any atom is -0.340 e. The number of nitrogens with two attached hydrogens (primary N) is 1. The Labute approximate surface area is 153 Å². The maximum atomic E-state index is 13.0. The fraction of sp³-hybridized carbons (Fsp3) is 0.647. The summed E-state index contributed by atoms with van der Waals surface area (Å²) in [5.41, 5.74) is 6.09. The maximum absolute atomic E-state index is 13.0. The first-order valence-electron chi connectivity index (χ1n) is 8.29. The summed E-state index contributed by atoms with van der Waals surface area (Å²) >= 11 is 1.43. The van der Waals surface area contributed by atoms with Gasteiger partial charge in [-0.1, -0.05) is 19.9 Å². The average Bonchev–Trinajstić information content (AvgIpc) is 3.19. The third kappa shape index (κ3) is 3.60. The topological polar surface area (TPSA) is 66.6 Å². The molecule has 0 saturated carbocycles. The third-order valence-electron chi connectivity index (χ3n) is 5.15. The van der Waals surface area contributed by atoms with Crippen molar-refractivity contribution in [3.63, 3.8) is 0 Å². The van der Waals surface area contributed by atoms with E-state index >= 15 is 0 Å². The van der Waals surface area contributed by atoms with E-state index in [1.54, 1.807) is 4.90 Å².